The minimum atomic E-state index is -0.0620. The monoisotopic (exact) mass is 347 g/mol. The fourth-order valence-electron chi connectivity index (χ4n) is 3.26. The molecule has 25 heavy (non-hydrogen) atoms. The van der Waals surface area contributed by atoms with Crippen molar-refractivity contribution in [2.24, 2.45) is 11.7 Å². The van der Waals surface area contributed by atoms with E-state index in [4.69, 9.17) is 15.5 Å². The van der Waals surface area contributed by atoms with E-state index in [2.05, 4.69) is 20.4 Å². The number of hydrogen-bond donors (Lipinski definition) is 1. The predicted octanol–water partition coefficient (Wildman–Crippen LogP) is 5.80. The summed E-state index contributed by atoms with van der Waals surface area (Å²) < 4.78 is 0. The lowest BCUT2D eigenvalue weighted by Gasteiger charge is -2.28. The first-order chi connectivity index (χ1) is 12.1. The molecule has 2 unspecified atom stereocenters. The van der Waals surface area contributed by atoms with Gasteiger partial charge in [0.15, 0.2) is 0 Å². The van der Waals surface area contributed by atoms with E-state index < -0.39 is 0 Å². The third-order valence-corrected chi connectivity index (χ3v) is 4.87. The average Bonchev–Trinajstić information content (AvgIpc) is 2.61. The van der Waals surface area contributed by atoms with Crippen molar-refractivity contribution in [2.45, 2.75) is 77.4 Å². The highest BCUT2D eigenvalue weighted by Gasteiger charge is 2.21. The lowest BCUT2D eigenvalue weighted by molar-refractivity contribution is -0.310. The van der Waals surface area contributed by atoms with Gasteiger partial charge in [0, 0.05) is 5.54 Å². The maximum atomic E-state index is 6.51. The Hall–Kier alpha value is -1.16. The molecule has 0 bridgehead atoms. The number of nitrogens with two attached hydrogens (primary N) is 1. The second kappa shape index (κ2) is 13.1. The van der Waals surface area contributed by atoms with Crippen LogP contribution in [0, 0.1) is 5.92 Å². The second-order valence-corrected chi connectivity index (χ2v) is 7.16. The van der Waals surface area contributed by atoms with E-state index >= 15 is 0 Å². The first-order valence-corrected chi connectivity index (χ1v) is 9.81. The number of benzene rings is 1. The van der Waals surface area contributed by atoms with Crippen LogP contribution in [0.4, 0.5) is 0 Å². The van der Waals surface area contributed by atoms with Gasteiger partial charge in [-0.1, -0.05) is 75.9 Å². The Morgan fingerprint density at radius 3 is 2.52 bits per heavy atom. The summed E-state index contributed by atoms with van der Waals surface area (Å²) in [5, 5.41) is 0. The molecule has 2 N–H and O–H groups in total. The zero-order chi connectivity index (χ0) is 18.4. The van der Waals surface area contributed by atoms with Crippen molar-refractivity contribution >= 4 is 0 Å². The van der Waals surface area contributed by atoms with E-state index in [1.807, 2.05) is 36.4 Å². The van der Waals surface area contributed by atoms with E-state index in [0.29, 0.717) is 19.1 Å². The SMILES string of the molecule is C=CCC(N)(CCC)CCCCC(CC)COOCc1ccccc1. The molecule has 142 valence electrons. The smallest absolute Gasteiger partial charge is 0.107 e. The van der Waals surface area contributed by atoms with E-state index in [-0.39, 0.29) is 5.54 Å². The number of unbranched alkanes of at least 4 members (excludes halogenated alkanes) is 1. The zero-order valence-corrected chi connectivity index (χ0v) is 16.2. The van der Waals surface area contributed by atoms with E-state index in [1.54, 1.807) is 0 Å². The van der Waals surface area contributed by atoms with Gasteiger partial charge in [-0.05, 0) is 37.2 Å². The van der Waals surface area contributed by atoms with Gasteiger partial charge >= 0.3 is 0 Å². The molecular formula is C22H37NO2. The van der Waals surface area contributed by atoms with Crippen LogP contribution in [0.5, 0.6) is 0 Å². The molecule has 0 fully saturated rings. The quantitative estimate of drug-likeness (QED) is 0.189. The van der Waals surface area contributed by atoms with Crippen LogP contribution in [-0.4, -0.2) is 12.1 Å². The largest absolute Gasteiger partial charge is 0.325 e. The van der Waals surface area contributed by atoms with Gasteiger partial charge in [0.2, 0.25) is 0 Å². The Balaban J connectivity index is 2.17. The Kier molecular flexibility index (Phi) is 11.5. The molecule has 1 aromatic carbocycles. The topological polar surface area (TPSA) is 44.5 Å². The van der Waals surface area contributed by atoms with Crippen molar-refractivity contribution < 1.29 is 9.78 Å². The van der Waals surface area contributed by atoms with Crippen molar-refractivity contribution in [1.29, 1.82) is 0 Å². The van der Waals surface area contributed by atoms with Crippen molar-refractivity contribution in [3.8, 4) is 0 Å². The highest BCUT2D eigenvalue weighted by atomic mass is 17.2. The predicted molar refractivity (Wildman–Crippen MR) is 106 cm³/mol. The highest BCUT2D eigenvalue weighted by Crippen LogP contribution is 2.24. The molecule has 0 aromatic heterocycles. The summed E-state index contributed by atoms with van der Waals surface area (Å²) in [6.07, 6.45) is 10.8. The van der Waals surface area contributed by atoms with Gasteiger partial charge in [0.05, 0.1) is 6.61 Å². The van der Waals surface area contributed by atoms with Crippen LogP contribution in [0.1, 0.15) is 70.8 Å². The summed E-state index contributed by atoms with van der Waals surface area (Å²) >= 11 is 0. The second-order valence-electron chi connectivity index (χ2n) is 7.16. The van der Waals surface area contributed by atoms with Gasteiger partial charge in [-0.25, -0.2) is 9.78 Å². The van der Waals surface area contributed by atoms with E-state index in [1.165, 1.54) is 19.3 Å². The summed E-state index contributed by atoms with van der Waals surface area (Å²) in [5.41, 5.74) is 7.58. The van der Waals surface area contributed by atoms with Crippen LogP contribution in [0.15, 0.2) is 43.0 Å². The summed E-state index contributed by atoms with van der Waals surface area (Å²) in [7, 11) is 0. The average molecular weight is 348 g/mol. The van der Waals surface area contributed by atoms with Gasteiger partial charge in [0.25, 0.3) is 0 Å². The van der Waals surface area contributed by atoms with Crippen molar-refractivity contribution in [3.63, 3.8) is 0 Å². The molecule has 0 radical (unpaired) electrons. The van der Waals surface area contributed by atoms with Crippen LogP contribution in [0.3, 0.4) is 0 Å². The van der Waals surface area contributed by atoms with Gasteiger partial charge in [-0.2, -0.15) is 0 Å². The summed E-state index contributed by atoms with van der Waals surface area (Å²) in [5.74, 6) is 0.550. The van der Waals surface area contributed by atoms with Gasteiger partial charge < -0.3 is 5.73 Å². The molecule has 0 saturated heterocycles. The molecule has 1 rings (SSSR count). The fraction of sp³-hybridized carbons (Fsp3) is 0.636. The molecule has 2 atom stereocenters. The minimum Gasteiger partial charge on any atom is -0.325 e. The Morgan fingerprint density at radius 2 is 1.88 bits per heavy atom. The maximum Gasteiger partial charge on any atom is 0.107 e. The van der Waals surface area contributed by atoms with Gasteiger partial charge in [-0.15, -0.1) is 6.58 Å². The first-order valence-electron chi connectivity index (χ1n) is 9.81. The molecule has 0 saturated carbocycles. The molecule has 0 aliphatic carbocycles. The molecule has 0 heterocycles. The van der Waals surface area contributed by atoms with Crippen molar-refractivity contribution in [1.82, 2.24) is 0 Å². The fourth-order valence-corrected chi connectivity index (χ4v) is 3.26. The van der Waals surface area contributed by atoms with Crippen LogP contribution in [0.25, 0.3) is 0 Å². The first kappa shape index (κ1) is 21.9. The number of hydrogen-bond acceptors (Lipinski definition) is 3. The summed E-state index contributed by atoms with van der Waals surface area (Å²) in [6.45, 7) is 9.44. The third-order valence-electron chi connectivity index (χ3n) is 4.87. The Labute approximate surface area is 154 Å². The van der Waals surface area contributed by atoms with Crippen LogP contribution in [0.2, 0.25) is 0 Å². The van der Waals surface area contributed by atoms with Crippen LogP contribution >= 0.6 is 0 Å². The highest BCUT2D eigenvalue weighted by molar-refractivity contribution is 5.13. The molecule has 0 aliphatic heterocycles. The Morgan fingerprint density at radius 1 is 1.12 bits per heavy atom. The molecule has 0 aliphatic rings. The lowest BCUT2D eigenvalue weighted by Crippen LogP contribution is -2.39. The summed E-state index contributed by atoms with van der Waals surface area (Å²) in [6, 6.07) is 10.1. The van der Waals surface area contributed by atoms with E-state index in [0.717, 1.165) is 37.7 Å². The summed E-state index contributed by atoms with van der Waals surface area (Å²) in [4.78, 5) is 10.8. The normalized spacial score (nSPS) is 14.8. The van der Waals surface area contributed by atoms with Crippen LogP contribution < -0.4 is 5.73 Å². The maximum absolute atomic E-state index is 6.51. The van der Waals surface area contributed by atoms with Crippen molar-refractivity contribution in [2.75, 3.05) is 6.61 Å². The van der Waals surface area contributed by atoms with Crippen molar-refractivity contribution in [3.05, 3.63) is 48.6 Å². The zero-order valence-electron chi connectivity index (χ0n) is 16.2. The van der Waals surface area contributed by atoms with Crippen LogP contribution in [-0.2, 0) is 16.4 Å². The molecule has 1 aromatic rings. The third kappa shape index (κ3) is 9.78. The van der Waals surface area contributed by atoms with E-state index in [9.17, 15) is 0 Å². The molecule has 3 nitrogen and oxygen atoms in total. The molecule has 0 amide bonds. The molecule has 3 heteroatoms. The van der Waals surface area contributed by atoms with Gasteiger partial charge in [0.1, 0.15) is 6.61 Å². The van der Waals surface area contributed by atoms with Gasteiger partial charge in [-0.3, -0.25) is 0 Å². The Bertz CT molecular complexity index is 449. The molecule has 0 spiro atoms. The molecular weight excluding hydrogens is 310 g/mol. The lowest BCUT2D eigenvalue weighted by atomic mass is 9.85. The number of rotatable bonds is 15. The standard InChI is InChI=1S/C22H37NO2/c1-4-15-22(23,16-5-2)17-11-10-12-20(6-3)18-24-25-19-21-13-8-7-9-14-21/h4,7-9,13-14,20H,1,5-6,10-12,15-19,23H2,2-3H3. The minimum absolute atomic E-state index is 0.0620.